The second-order valence-electron chi connectivity index (χ2n) is 9.74. The molecule has 0 aromatic heterocycles. The smallest absolute Gasteiger partial charge is 0.158 e. The molecule has 0 bridgehead atoms. The van der Waals surface area contributed by atoms with E-state index in [4.69, 9.17) is 4.74 Å². The lowest BCUT2D eigenvalue weighted by Crippen LogP contribution is -2.41. The fourth-order valence-electron chi connectivity index (χ4n) is 6.73. The second kappa shape index (κ2) is 6.99. The summed E-state index contributed by atoms with van der Waals surface area (Å²) in [6.07, 6.45) is 10.6. The van der Waals surface area contributed by atoms with Crippen LogP contribution in [0.2, 0.25) is 0 Å². The van der Waals surface area contributed by atoms with Gasteiger partial charge in [-0.05, 0) is 79.8 Å². The van der Waals surface area contributed by atoms with Crippen molar-refractivity contribution in [2.45, 2.75) is 71.5 Å². The summed E-state index contributed by atoms with van der Waals surface area (Å²) in [6.45, 7) is 5.32. The largest absolute Gasteiger partial charge is 0.373 e. The lowest BCUT2D eigenvalue weighted by atomic mass is 9.56. The van der Waals surface area contributed by atoms with Crippen LogP contribution in [0.4, 0.5) is 0 Å². The zero-order chi connectivity index (χ0) is 19.3. The molecule has 0 saturated heterocycles. The summed E-state index contributed by atoms with van der Waals surface area (Å²) in [4.78, 5) is 12.2. The van der Waals surface area contributed by atoms with E-state index in [1.165, 1.54) is 24.0 Å². The van der Waals surface area contributed by atoms with E-state index in [0.29, 0.717) is 23.2 Å². The highest BCUT2D eigenvalue weighted by Gasteiger charge is 2.53. The molecule has 2 fully saturated rings. The molecule has 1 aromatic carbocycles. The molecule has 148 valence electrons. The molecule has 0 heterocycles. The van der Waals surface area contributed by atoms with Crippen LogP contribution >= 0.6 is 0 Å². The number of allylic oxidation sites excluding steroid dienone is 3. The van der Waals surface area contributed by atoms with Crippen molar-refractivity contribution < 1.29 is 9.53 Å². The van der Waals surface area contributed by atoms with E-state index in [1.807, 2.05) is 0 Å². The van der Waals surface area contributed by atoms with Gasteiger partial charge < -0.3 is 4.74 Å². The van der Waals surface area contributed by atoms with Crippen LogP contribution in [0.15, 0.2) is 53.1 Å². The van der Waals surface area contributed by atoms with E-state index in [-0.39, 0.29) is 0 Å². The Bertz CT molecular complexity index is 833. The molecule has 0 unspecified atom stereocenters. The number of Topliss-reactive ketones (excluding diaryl/α,β-unsaturated/α-hetero) is 1. The van der Waals surface area contributed by atoms with Crippen LogP contribution in [0, 0.1) is 23.2 Å². The molecule has 0 aliphatic heterocycles. The molecule has 5 atom stereocenters. The summed E-state index contributed by atoms with van der Waals surface area (Å²) in [5, 5.41) is 0. The second-order valence-corrected chi connectivity index (χ2v) is 9.74. The van der Waals surface area contributed by atoms with Crippen molar-refractivity contribution in [1.29, 1.82) is 0 Å². The minimum atomic E-state index is 0.309. The minimum Gasteiger partial charge on any atom is -0.373 e. The van der Waals surface area contributed by atoms with E-state index < -0.39 is 0 Å². The number of rotatable bonds is 3. The van der Waals surface area contributed by atoms with Crippen LogP contribution in [0.25, 0.3) is 0 Å². The zero-order valence-electron chi connectivity index (χ0n) is 17.2. The Kier molecular flexibility index (Phi) is 4.58. The number of ether oxygens (including phenoxy) is 1. The molecule has 4 aliphatic rings. The molecule has 5 rings (SSSR count). The van der Waals surface area contributed by atoms with Gasteiger partial charge >= 0.3 is 0 Å². The predicted molar refractivity (Wildman–Crippen MR) is 112 cm³/mol. The number of benzene rings is 1. The molecule has 2 nitrogen and oxygen atoms in total. The van der Waals surface area contributed by atoms with Crippen molar-refractivity contribution in [2.24, 2.45) is 23.2 Å². The van der Waals surface area contributed by atoms with E-state index in [9.17, 15) is 4.79 Å². The van der Waals surface area contributed by atoms with Gasteiger partial charge in [-0.3, -0.25) is 4.79 Å². The summed E-state index contributed by atoms with van der Waals surface area (Å²) in [5.41, 5.74) is 5.84. The molecule has 2 heteroatoms. The van der Waals surface area contributed by atoms with E-state index >= 15 is 0 Å². The van der Waals surface area contributed by atoms with Gasteiger partial charge in [-0.1, -0.05) is 54.5 Å². The van der Waals surface area contributed by atoms with Crippen molar-refractivity contribution in [3.63, 3.8) is 0 Å². The summed E-state index contributed by atoms with van der Waals surface area (Å²) in [7, 11) is 0. The van der Waals surface area contributed by atoms with E-state index in [0.717, 1.165) is 56.1 Å². The van der Waals surface area contributed by atoms with Crippen LogP contribution in [0.3, 0.4) is 0 Å². The van der Waals surface area contributed by atoms with E-state index in [2.05, 4.69) is 50.3 Å². The number of hydrogen-bond donors (Lipinski definition) is 0. The fraction of sp³-hybridized carbons (Fsp3) is 0.577. The van der Waals surface area contributed by atoms with E-state index in [1.54, 1.807) is 5.57 Å². The van der Waals surface area contributed by atoms with Crippen molar-refractivity contribution in [2.75, 3.05) is 0 Å². The Hall–Kier alpha value is -1.67. The molecule has 28 heavy (non-hydrogen) atoms. The number of ketones is 1. The first-order chi connectivity index (χ1) is 13.6. The highest BCUT2D eigenvalue weighted by atomic mass is 16.5. The van der Waals surface area contributed by atoms with Gasteiger partial charge in [0.25, 0.3) is 0 Å². The first kappa shape index (κ1) is 18.4. The van der Waals surface area contributed by atoms with Crippen LogP contribution in [0.1, 0.15) is 64.4 Å². The van der Waals surface area contributed by atoms with Crippen LogP contribution in [-0.4, -0.2) is 11.9 Å². The Morgan fingerprint density at radius 1 is 1.14 bits per heavy atom. The molecule has 4 aliphatic carbocycles. The number of hydrogen-bond acceptors (Lipinski definition) is 2. The third kappa shape index (κ3) is 2.92. The van der Waals surface area contributed by atoms with Gasteiger partial charge in [-0.15, -0.1) is 0 Å². The average molecular weight is 377 g/mol. The molecule has 0 amide bonds. The van der Waals surface area contributed by atoms with Crippen molar-refractivity contribution in [3.8, 4) is 0 Å². The maximum absolute atomic E-state index is 12.2. The molecular formula is C26H32O2. The Morgan fingerprint density at radius 3 is 2.79 bits per heavy atom. The Labute approximate surface area is 169 Å². The molecular weight excluding hydrogens is 344 g/mol. The SMILES string of the molecule is CC1=C2C[C@H]3[C@@H](CC=C4C[C@@H](OCc5ccccc5)CC[C@@]43C)[C@@H]2CCC1=O. The minimum absolute atomic E-state index is 0.309. The van der Waals surface area contributed by atoms with Crippen LogP contribution in [-0.2, 0) is 16.1 Å². The number of fused-ring (bicyclic) bond motifs is 5. The van der Waals surface area contributed by atoms with Gasteiger partial charge in [0.05, 0.1) is 12.7 Å². The van der Waals surface area contributed by atoms with Gasteiger partial charge in [0.2, 0.25) is 0 Å². The maximum Gasteiger partial charge on any atom is 0.158 e. The fourth-order valence-corrected chi connectivity index (χ4v) is 6.73. The quantitative estimate of drug-likeness (QED) is 0.603. The normalized spacial score (nSPS) is 37.2. The van der Waals surface area contributed by atoms with Crippen LogP contribution < -0.4 is 0 Å². The first-order valence-corrected chi connectivity index (χ1v) is 11.1. The number of carbonyl (C=O) groups is 1. The number of carbonyl (C=O) groups excluding carboxylic acids is 1. The Morgan fingerprint density at radius 2 is 1.96 bits per heavy atom. The summed E-state index contributed by atoms with van der Waals surface area (Å²) in [5.74, 6) is 2.56. The predicted octanol–water partition coefficient (Wildman–Crippen LogP) is 6.02. The molecule has 0 spiro atoms. The Balaban J connectivity index is 1.32. The third-order valence-electron chi connectivity index (χ3n) is 8.45. The van der Waals surface area contributed by atoms with Gasteiger partial charge in [0.15, 0.2) is 5.78 Å². The standard InChI is InChI=1S/C26H32O2/c1-17-23-15-24-22(21(23)10-11-25(17)27)9-8-19-14-20(12-13-26(19,24)2)28-16-18-6-4-3-5-7-18/h3-8,20-22,24H,9-16H2,1-2H3/t20-,21-,22-,24-,26-/m0/s1. The zero-order valence-corrected chi connectivity index (χ0v) is 17.2. The molecule has 0 radical (unpaired) electrons. The van der Waals surface area contributed by atoms with Crippen molar-refractivity contribution >= 4 is 5.78 Å². The lowest BCUT2D eigenvalue weighted by molar-refractivity contribution is -0.116. The van der Waals surface area contributed by atoms with Gasteiger partial charge in [0, 0.05) is 6.42 Å². The summed E-state index contributed by atoms with van der Waals surface area (Å²) in [6, 6.07) is 10.5. The lowest BCUT2D eigenvalue weighted by Gasteiger charge is -2.49. The highest BCUT2D eigenvalue weighted by Crippen LogP contribution is 2.62. The molecule has 2 saturated carbocycles. The molecule has 0 N–H and O–H groups in total. The first-order valence-electron chi connectivity index (χ1n) is 11.1. The van der Waals surface area contributed by atoms with Crippen molar-refractivity contribution in [1.82, 2.24) is 0 Å². The maximum atomic E-state index is 12.2. The van der Waals surface area contributed by atoms with Crippen LogP contribution in [0.5, 0.6) is 0 Å². The molecule has 1 aromatic rings. The monoisotopic (exact) mass is 376 g/mol. The van der Waals surface area contributed by atoms with Gasteiger partial charge in [0.1, 0.15) is 0 Å². The third-order valence-corrected chi connectivity index (χ3v) is 8.45. The summed E-state index contributed by atoms with van der Waals surface area (Å²) < 4.78 is 6.31. The summed E-state index contributed by atoms with van der Waals surface area (Å²) >= 11 is 0. The topological polar surface area (TPSA) is 26.3 Å². The average Bonchev–Trinajstić information content (AvgIpc) is 3.11. The van der Waals surface area contributed by atoms with Gasteiger partial charge in [-0.25, -0.2) is 0 Å². The van der Waals surface area contributed by atoms with Crippen molar-refractivity contribution in [3.05, 3.63) is 58.7 Å². The highest BCUT2D eigenvalue weighted by molar-refractivity contribution is 5.96. The van der Waals surface area contributed by atoms with Gasteiger partial charge in [-0.2, -0.15) is 0 Å².